The molecule has 0 bridgehead atoms. The van der Waals surface area contributed by atoms with Gasteiger partial charge >= 0.3 is 17.9 Å². The summed E-state index contributed by atoms with van der Waals surface area (Å²) in [6, 6.07) is 74.2. The number of fused-ring (bicyclic) bond motifs is 2. The molecule has 0 heterocycles. The highest BCUT2D eigenvalue weighted by Gasteiger charge is 2.67. The first-order valence-corrected chi connectivity index (χ1v) is 39.5. The standard InChI is InChI=1S/2C26H27NO5.C21H24N2O4.C20H20N2O7/c1-3-31-25(29)26(16-23(26)24(28)27-30)15-18-11-13-20(14-12-18)32-17(2)21-10-6-8-19-7-4-5-9-22(19)21;1-3-31-25(29)26(16-23(26)24(28)27-30)15-18-8-12-22(13-9-18)32-17(2)20-11-10-19-6-4-5-7-21(19)14-20;1-23(2)20(25)21(13-18(21)19(24)22-26)12-15-8-10-17(11-9-15)27-14-16-6-4-3-5-7-16;1-2-28-19(24)20(12-17(20)18(23)21-25)11-13-6-8-15(9-7-13)29-16-5-3-4-14(10-16)22(26)27/h2*4-14,17,23,30H,3,15-16H2,1-2H3,(H,27,28);3-11,18,26H,12-14H2,1-2H3,(H,22,24);3-10,17,25H,2,11-12H2,1H3,(H,21,23)/t2*17?,23-,26+;18-,21+;17-,20+/m1111/s1. The van der Waals surface area contributed by atoms with Crippen LogP contribution in [0.25, 0.3) is 21.5 Å². The van der Waals surface area contributed by atoms with Gasteiger partial charge in [-0.1, -0.05) is 164 Å². The Balaban J connectivity index is 0.000000157. The number of carbonyl (C=O) groups is 8. The molecule has 120 heavy (non-hydrogen) atoms. The molecule has 626 valence electrons. The van der Waals surface area contributed by atoms with E-state index in [4.69, 9.17) is 54.0 Å². The molecule has 0 spiro atoms. The van der Waals surface area contributed by atoms with Crippen LogP contribution in [-0.4, -0.2) is 112 Å². The number of hydroxylamine groups is 4. The fourth-order valence-electron chi connectivity index (χ4n) is 15.5. The Hall–Kier alpha value is -13.1. The second kappa shape index (κ2) is 39.4. The van der Waals surface area contributed by atoms with E-state index >= 15 is 0 Å². The first-order valence-electron chi connectivity index (χ1n) is 39.5. The van der Waals surface area contributed by atoms with Gasteiger partial charge in [-0.15, -0.1) is 0 Å². The molecule has 5 amide bonds. The Bertz CT molecular complexity index is 5280. The molecule has 0 saturated heterocycles. The lowest BCUT2D eigenvalue weighted by molar-refractivity contribution is -0.384. The zero-order valence-electron chi connectivity index (χ0n) is 67.6. The minimum atomic E-state index is -0.995. The van der Waals surface area contributed by atoms with E-state index in [1.54, 1.807) is 87.1 Å². The Morgan fingerprint density at radius 2 is 0.808 bits per heavy atom. The van der Waals surface area contributed by atoms with Crippen molar-refractivity contribution < 1.29 is 97.3 Å². The molecular weight excluding hydrogens is 1540 g/mol. The maximum absolute atomic E-state index is 12.6. The number of rotatable bonds is 31. The summed E-state index contributed by atoms with van der Waals surface area (Å²) in [6.45, 7) is 10.4. The smallest absolute Gasteiger partial charge is 0.313 e. The van der Waals surface area contributed by atoms with Crippen molar-refractivity contribution >= 4 is 74.7 Å². The Morgan fingerprint density at radius 3 is 1.27 bits per heavy atom. The number of hydrogen-bond acceptors (Lipinski definition) is 21. The van der Waals surface area contributed by atoms with E-state index in [1.807, 2.05) is 147 Å². The first-order chi connectivity index (χ1) is 57.8. The number of non-ortho nitro benzene ring substituents is 1. The number of carbonyl (C=O) groups excluding carboxylic acids is 8. The van der Waals surface area contributed by atoms with Crippen molar-refractivity contribution in [3.63, 3.8) is 0 Å². The van der Waals surface area contributed by atoms with Gasteiger partial charge in [-0.2, -0.15) is 0 Å². The maximum atomic E-state index is 12.6. The number of amides is 5. The molecular formula is C93H98N6O21. The summed E-state index contributed by atoms with van der Waals surface area (Å²) in [4.78, 5) is 109. The number of nitro benzene ring substituents is 1. The van der Waals surface area contributed by atoms with Crippen LogP contribution in [0.15, 0.2) is 237 Å². The third-order valence-corrected chi connectivity index (χ3v) is 22.3. The molecule has 10 atom stereocenters. The Labute approximate surface area is 693 Å². The SMILES string of the molecule is CCOC(=O)[C@@]1(Cc2ccc(OC(C)c3ccc4ccccc4c3)cc2)C[C@@H]1C(=O)NO.CCOC(=O)[C@@]1(Cc2ccc(OC(C)c3cccc4ccccc34)cc2)C[C@@H]1C(=O)NO.CCOC(=O)[C@@]1(Cc2ccc(Oc3cccc([N+](=O)[O-])c3)cc2)C[C@@H]1C(=O)NO.CN(C)C(=O)[C@@]1(Cc2ccc(OCc3ccccc3)cc2)C[C@@H]1C(=O)NO. The van der Waals surface area contributed by atoms with Gasteiger partial charge in [-0.3, -0.25) is 69.3 Å². The predicted octanol–water partition coefficient (Wildman–Crippen LogP) is 14.6. The van der Waals surface area contributed by atoms with Crippen LogP contribution in [-0.2, 0) is 84.9 Å². The van der Waals surface area contributed by atoms with Crippen molar-refractivity contribution in [3.05, 3.63) is 286 Å². The summed E-state index contributed by atoms with van der Waals surface area (Å²) >= 11 is 0. The topological polar surface area (TPSA) is 377 Å². The minimum Gasteiger partial charge on any atom is -0.489 e. The average molecular weight is 1640 g/mol. The summed E-state index contributed by atoms with van der Waals surface area (Å²) < 4.78 is 39.2. The third-order valence-electron chi connectivity index (χ3n) is 22.3. The van der Waals surface area contributed by atoms with Crippen molar-refractivity contribution in [2.75, 3.05) is 33.9 Å². The van der Waals surface area contributed by atoms with Crippen LogP contribution in [0.3, 0.4) is 0 Å². The number of ether oxygens (including phenoxy) is 7. The van der Waals surface area contributed by atoms with Crippen molar-refractivity contribution in [3.8, 4) is 28.7 Å². The van der Waals surface area contributed by atoms with Crippen LogP contribution in [0.4, 0.5) is 5.69 Å². The molecule has 10 aromatic carbocycles. The van der Waals surface area contributed by atoms with E-state index in [2.05, 4.69) is 54.6 Å². The normalized spacial score (nSPS) is 20.3. The van der Waals surface area contributed by atoms with Crippen LogP contribution in [0.2, 0.25) is 0 Å². The van der Waals surface area contributed by atoms with Crippen LogP contribution in [0, 0.1) is 55.4 Å². The Kier molecular flexibility index (Phi) is 28.8. The van der Waals surface area contributed by atoms with E-state index < -0.39 is 91.8 Å². The van der Waals surface area contributed by atoms with E-state index in [9.17, 15) is 48.5 Å². The molecule has 14 rings (SSSR count). The molecule has 4 aliphatic rings. The zero-order valence-corrected chi connectivity index (χ0v) is 67.6. The molecule has 27 nitrogen and oxygen atoms in total. The summed E-state index contributed by atoms with van der Waals surface area (Å²) in [6.07, 6.45) is 2.63. The highest BCUT2D eigenvalue weighted by molar-refractivity contribution is 5.97. The van der Waals surface area contributed by atoms with E-state index in [1.165, 1.54) is 39.3 Å². The highest BCUT2D eigenvalue weighted by Crippen LogP contribution is 2.59. The largest absolute Gasteiger partial charge is 0.489 e. The minimum absolute atomic E-state index is 0.0718. The number of nitro groups is 1. The number of hydrogen-bond donors (Lipinski definition) is 8. The van der Waals surface area contributed by atoms with Gasteiger partial charge in [0.1, 0.15) is 47.6 Å². The van der Waals surface area contributed by atoms with Gasteiger partial charge in [0.2, 0.25) is 29.5 Å². The van der Waals surface area contributed by atoms with Crippen molar-refractivity contribution in [1.82, 2.24) is 26.8 Å². The Morgan fingerprint density at radius 1 is 0.417 bits per heavy atom. The fraction of sp³-hybridized carbons (Fsp3) is 0.312. The van der Waals surface area contributed by atoms with Crippen molar-refractivity contribution in [2.24, 2.45) is 45.3 Å². The molecule has 4 saturated carbocycles. The van der Waals surface area contributed by atoms with Crippen LogP contribution < -0.4 is 40.9 Å². The lowest BCUT2D eigenvalue weighted by Gasteiger charge is -2.21. The second-order valence-electron chi connectivity index (χ2n) is 30.5. The van der Waals surface area contributed by atoms with E-state index in [0.29, 0.717) is 63.1 Å². The lowest BCUT2D eigenvalue weighted by Crippen LogP contribution is -2.36. The van der Waals surface area contributed by atoms with Gasteiger partial charge in [0.15, 0.2) is 0 Å². The van der Waals surface area contributed by atoms with Gasteiger partial charge in [-0.25, -0.2) is 21.9 Å². The predicted molar refractivity (Wildman–Crippen MR) is 441 cm³/mol. The average Bonchev–Trinajstić information content (AvgIpc) is 1.59. The number of esters is 3. The number of nitrogens with zero attached hydrogens (tertiary/aromatic N) is 2. The maximum Gasteiger partial charge on any atom is 0.313 e. The van der Waals surface area contributed by atoms with E-state index in [0.717, 1.165) is 61.6 Å². The zero-order chi connectivity index (χ0) is 85.9. The van der Waals surface area contributed by atoms with E-state index in [-0.39, 0.29) is 50.0 Å². The number of nitrogens with one attached hydrogen (secondary N) is 4. The van der Waals surface area contributed by atoms with Crippen LogP contribution in [0.1, 0.15) is 111 Å². The molecule has 2 unspecified atom stereocenters. The molecule has 0 aromatic heterocycles. The fourth-order valence-corrected chi connectivity index (χ4v) is 15.5. The summed E-state index contributed by atoms with van der Waals surface area (Å²) in [5.41, 5.74) is 9.70. The molecule has 27 heteroatoms. The number of benzene rings is 10. The third kappa shape index (κ3) is 21.1. The van der Waals surface area contributed by atoms with Crippen molar-refractivity contribution in [1.29, 1.82) is 0 Å². The quantitative estimate of drug-likeness (QED) is 0.00658. The monoisotopic (exact) mass is 1630 g/mol. The molecule has 0 radical (unpaired) electrons. The van der Waals surface area contributed by atoms with Gasteiger partial charge in [0, 0.05) is 20.2 Å². The lowest BCUT2D eigenvalue weighted by atomic mass is 9.92. The second-order valence-corrected chi connectivity index (χ2v) is 30.5. The molecule has 10 aromatic rings. The van der Waals surface area contributed by atoms with Gasteiger partial charge < -0.3 is 38.1 Å². The van der Waals surface area contributed by atoms with Crippen LogP contribution in [0.5, 0.6) is 28.7 Å². The molecule has 8 N–H and O–H groups in total. The van der Waals surface area contributed by atoms with Crippen molar-refractivity contribution in [2.45, 2.75) is 105 Å². The molecule has 0 aliphatic heterocycles. The van der Waals surface area contributed by atoms with Gasteiger partial charge in [0.05, 0.1) is 76.1 Å². The van der Waals surface area contributed by atoms with Crippen LogP contribution >= 0.6 is 0 Å². The summed E-state index contributed by atoms with van der Waals surface area (Å²) in [5, 5.41) is 51.3. The molecule has 4 aliphatic carbocycles. The summed E-state index contributed by atoms with van der Waals surface area (Å²) in [5.74, 6) is -2.93. The highest BCUT2D eigenvalue weighted by atomic mass is 16.6. The molecule has 4 fully saturated rings. The van der Waals surface area contributed by atoms with Gasteiger partial charge in [0.25, 0.3) is 5.69 Å². The summed E-state index contributed by atoms with van der Waals surface area (Å²) in [7, 11) is 3.35. The van der Waals surface area contributed by atoms with Gasteiger partial charge in [-0.05, 0) is 207 Å². The first kappa shape index (κ1) is 87.7.